The SMILES string of the molecule is Cc1cc(F)c2c(c1)CCCN2C(=O)C1CCN(c2ncnc3sc(C)c(C)c23)CC1. The number of rotatable bonds is 2. The summed E-state index contributed by atoms with van der Waals surface area (Å²) in [5.74, 6) is 0.694. The van der Waals surface area contributed by atoms with Gasteiger partial charge in [0.1, 0.15) is 22.8 Å². The van der Waals surface area contributed by atoms with Crippen LogP contribution in [0, 0.1) is 32.5 Å². The average molecular weight is 439 g/mol. The van der Waals surface area contributed by atoms with Gasteiger partial charge in [-0.1, -0.05) is 6.07 Å². The molecule has 1 saturated heterocycles. The standard InChI is InChI=1S/C24H27FN4OS/c1-14-11-18-5-4-8-29(21(18)19(25)12-14)24(30)17-6-9-28(10-7-17)22-20-15(2)16(3)31-23(20)27-13-26-22/h11-13,17H,4-10H2,1-3H3. The third-order valence-corrected chi connectivity index (χ3v) is 7.85. The van der Waals surface area contributed by atoms with Crippen molar-refractivity contribution in [1.82, 2.24) is 9.97 Å². The highest BCUT2D eigenvalue weighted by atomic mass is 32.1. The molecule has 7 heteroatoms. The molecule has 4 heterocycles. The number of carbonyl (C=O) groups is 1. The van der Waals surface area contributed by atoms with E-state index in [9.17, 15) is 9.18 Å². The smallest absolute Gasteiger partial charge is 0.230 e. The number of halogens is 1. The molecule has 3 aromatic rings. The summed E-state index contributed by atoms with van der Waals surface area (Å²) in [6.45, 7) is 8.29. The summed E-state index contributed by atoms with van der Waals surface area (Å²) in [5.41, 5.74) is 3.62. The molecule has 2 aromatic heterocycles. The van der Waals surface area contributed by atoms with Gasteiger partial charge in [0.05, 0.1) is 11.1 Å². The molecule has 0 aliphatic carbocycles. The van der Waals surface area contributed by atoms with Gasteiger partial charge in [-0.2, -0.15) is 0 Å². The molecule has 0 bridgehead atoms. The van der Waals surface area contributed by atoms with Crippen LogP contribution in [-0.4, -0.2) is 35.5 Å². The monoisotopic (exact) mass is 438 g/mol. The third-order valence-electron chi connectivity index (χ3n) is 6.74. The van der Waals surface area contributed by atoms with Gasteiger partial charge in [0, 0.05) is 30.4 Å². The van der Waals surface area contributed by atoms with Crippen LogP contribution < -0.4 is 9.80 Å². The number of aryl methyl sites for hydroxylation is 4. The number of anilines is 2. The maximum atomic E-state index is 14.8. The zero-order valence-corrected chi connectivity index (χ0v) is 19.1. The third kappa shape index (κ3) is 3.49. The Balaban J connectivity index is 1.35. The van der Waals surface area contributed by atoms with Crippen LogP contribution in [0.5, 0.6) is 0 Å². The molecule has 2 aliphatic heterocycles. The predicted octanol–water partition coefficient (Wildman–Crippen LogP) is 4.95. The van der Waals surface area contributed by atoms with Crippen molar-refractivity contribution in [3.63, 3.8) is 0 Å². The highest BCUT2D eigenvalue weighted by molar-refractivity contribution is 7.18. The van der Waals surface area contributed by atoms with Crippen LogP contribution in [0.15, 0.2) is 18.5 Å². The topological polar surface area (TPSA) is 49.3 Å². The number of hydrogen-bond donors (Lipinski definition) is 0. The second-order valence-electron chi connectivity index (χ2n) is 8.77. The second kappa shape index (κ2) is 7.86. The Morgan fingerprint density at radius 1 is 1.13 bits per heavy atom. The van der Waals surface area contributed by atoms with Gasteiger partial charge in [-0.15, -0.1) is 11.3 Å². The highest BCUT2D eigenvalue weighted by Crippen LogP contribution is 2.37. The van der Waals surface area contributed by atoms with Crippen LogP contribution in [-0.2, 0) is 11.2 Å². The van der Waals surface area contributed by atoms with Crippen LogP contribution in [0.25, 0.3) is 10.2 Å². The van der Waals surface area contributed by atoms with Crippen molar-refractivity contribution < 1.29 is 9.18 Å². The Hall–Kier alpha value is -2.54. The summed E-state index contributed by atoms with van der Waals surface area (Å²) < 4.78 is 14.8. The van der Waals surface area contributed by atoms with E-state index in [1.165, 1.54) is 10.4 Å². The fourth-order valence-electron chi connectivity index (χ4n) is 5.02. The summed E-state index contributed by atoms with van der Waals surface area (Å²) in [7, 11) is 0. The van der Waals surface area contributed by atoms with Crippen molar-refractivity contribution >= 4 is 39.0 Å². The summed E-state index contributed by atoms with van der Waals surface area (Å²) >= 11 is 1.70. The first-order valence-corrected chi connectivity index (χ1v) is 11.8. The Morgan fingerprint density at radius 3 is 2.68 bits per heavy atom. The lowest BCUT2D eigenvalue weighted by Gasteiger charge is -2.37. The van der Waals surface area contributed by atoms with E-state index in [0.717, 1.165) is 65.9 Å². The lowest BCUT2D eigenvalue weighted by molar-refractivity contribution is -0.123. The van der Waals surface area contributed by atoms with Gasteiger partial charge in [0.25, 0.3) is 0 Å². The molecule has 1 fully saturated rings. The first kappa shape index (κ1) is 20.4. The van der Waals surface area contributed by atoms with Crippen molar-refractivity contribution in [1.29, 1.82) is 0 Å². The van der Waals surface area contributed by atoms with Crippen molar-refractivity contribution in [2.45, 2.75) is 46.5 Å². The molecule has 0 spiro atoms. The molecule has 31 heavy (non-hydrogen) atoms. The number of nitrogens with zero attached hydrogens (tertiary/aromatic N) is 4. The largest absolute Gasteiger partial charge is 0.356 e. The van der Waals surface area contributed by atoms with Gasteiger partial charge < -0.3 is 9.80 Å². The van der Waals surface area contributed by atoms with Gasteiger partial charge in [-0.25, -0.2) is 14.4 Å². The van der Waals surface area contributed by atoms with E-state index >= 15 is 0 Å². The minimum atomic E-state index is -0.271. The predicted molar refractivity (Wildman–Crippen MR) is 124 cm³/mol. The normalized spacial score (nSPS) is 17.3. The van der Waals surface area contributed by atoms with Gasteiger partial charge >= 0.3 is 0 Å². The van der Waals surface area contributed by atoms with E-state index in [-0.39, 0.29) is 17.6 Å². The number of fused-ring (bicyclic) bond motifs is 2. The minimum absolute atomic E-state index is 0.0683. The Kier molecular flexibility index (Phi) is 5.16. The molecule has 0 N–H and O–H groups in total. The summed E-state index contributed by atoms with van der Waals surface area (Å²) in [4.78, 5) is 28.7. The number of aromatic nitrogens is 2. The van der Waals surface area contributed by atoms with Crippen molar-refractivity contribution in [2.75, 3.05) is 29.4 Å². The Morgan fingerprint density at radius 2 is 1.90 bits per heavy atom. The number of thiophene rings is 1. The van der Waals surface area contributed by atoms with Gasteiger partial charge in [0.15, 0.2) is 0 Å². The van der Waals surface area contributed by atoms with Crippen LogP contribution in [0.4, 0.5) is 15.9 Å². The number of carbonyl (C=O) groups excluding carboxylic acids is 1. The fraction of sp³-hybridized carbons (Fsp3) is 0.458. The van der Waals surface area contributed by atoms with Gasteiger partial charge in [0.2, 0.25) is 5.91 Å². The summed E-state index contributed by atoms with van der Waals surface area (Å²) in [6, 6.07) is 3.56. The molecule has 5 nitrogen and oxygen atoms in total. The fourth-order valence-corrected chi connectivity index (χ4v) is 6.01. The zero-order chi connectivity index (χ0) is 21.7. The van der Waals surface area contributed by atoms with Crippen LogP contribution in [0.1, 0.15) is 40.8 Å². The van der Waals surface area contributed by atoms with E-state index in [0.29, 0.717) is 12.2 Å². The molecule has 2 aliphatic rings. The first-order valence-electron chi connectivity index (χ1n) is 11.0. The molecular weight excluding hydrogens is 411 g/mol. The molecule has 5 rings (SSSR count). The van der Waals surface area contributed by atoms with E-state index in [1.54, 1.807) is 28.6 Å². The summed E-state index contributed by atoms with van der Waals surface area (Å²) in [6.07, 6.45) is 4.87. The van der Waals surface area contributed by atoms with Gasteiger partial charge in [-0.3, -0.25) is 4.79 Å². The molecule has 1 amide bonds. The lowest BCUT2D eigenvalue weighted by Crippen LogP contribution is -2.45. The van der Waals surface area contributed by atoms with Crippen molar-refractivity contribution in [2.24, 2.45) is 5.92 Å². The van der Waals surface area contributed by atoms with E-state index < -0.39 is 0 Å². The number of benzene rings is 1. The van der Waals surface area contributed by atoms with E-state index in [4.69, 9.17) is 0 Å². The van der Waals surface area contributed by atoms with Gasteiger partial charge in [-0.05, 0) is 69.2 Å². The van der Waals surface area contributed by atoms with Crippen molar-refractivity contribution in [3.05, 3.63) is 45.8 Å². The minimum Gasteiger partial charge on any atom is -0.356 e. The summed E-state index contributed by atoms with van der Waals surface area (Å²) in [5, 5.41) is 1.14. The van der Waals surface area contributed by atoms with Crippen LogP contribution >= 0.6 is 11.3 Å². The number of piperidine rings is 1. The Bertz CT molecular complexity index is 1170. The van der Waals surface area contributed by atoms with Crippen LogP contribution in [0.2, 0.25) is 0 Å². The molecule has 0 atom stereocenters. The average Bonchev–Trinajstić information content (AvgIpc) is 3.06. The molecule has 1 aromatic carbocycles. The molecule has 162 valence electrons. The lowest BCUT2D eigenvalue weighted by atomic mass is 9.92. The number of hydrogen-bond acceptors (Lipinski definition) is 5. The zero-order valence-electron chi connectivity index (χ0n) is 18.2. The molecule has 0 radical (unpaired) electrons. The first-order chi connectivity index (χ1) is 14.9. The maximum Gasteiger partial charge on any atom is 0.230 e. The van der Waals surface area contributed by atoms with E-state index in [2.05, 4.69) is 28.7 Å². The molecule has 0 unspecified atom stereocenters. The Labute approximate surface area is 185 Å². The van der Waals surface area contributed by atoms with E-state index in [1.807, 2.05) is 13.0 Å². The molecule has 0 saturated carbocycles. The van der Waals surface area contributed by atoms with Crippen molar-refractivity contribution in [3.8, 4) is 0 Å². The quantitative estimate of drug-likeness (QED) is 0.568. The van der Waals surface area contributed by atoms with Crippen LogP contribution in [0.3, 0.4) is 0 Å². The number of amides is 1. The maximum absolute atomic E-state index is 14.8. The highest BCUT2D eigenvalue weighted by Gasteiger charge is 2.33. The molecular formula is C24H27FN4OS. The second-order valence-corrected chi connectivity index (χ2v) is 9.97.